The quantitative estimate of drug-likeness (QED) is 0.522. The number of aryl methyl sites for hydroxylation is 2. The normalized spacial score (nSPS) is 11.0. The standard InChI is InChI=1S/C23H26N2O2/c1-4-14-27-21-13-8-7-10-19(21)15-20(16-24)23(26)25-22-17(5-2)11-9-12-18(22)6-3/h7-13,15H,4-6,14H2,1-3H3,(H,25,26)/b20-15+. The van der Waals surface area contributed by atoms with Gasteiger partial charge in [0.1, 0.15) is 17.4 Å². The van der Waals surface area contributed by atoms with Gasteiger partial charge in [-0.15, -0.1) is 0 Å². The molecule has 0 saturated carbocycles. The fraction of sp³-hybridized carbons (Fsp3) is 0.304. The lowest BCUT2D eigenvalue weighted by Gasteiger charge is -2.14. The molecule has 4 heteroatoms. The van der Waals surface area contributed by atoms with Crippen LogP contribution in [-0.2, 0) is 17.6 Å². The van der Waals surface area contributed by atoms with Crippen molar-refractivity contribution in [2.45, 2.75) is 40.0 Å². The summed E-state index contributed by atoms with van der Waals surface area (Å²) in [6.45, 7) is 6.71. The first-order valence-corrected chi connectivity index (χ1v) is 9.40. The summed E-state index contributed by atoms with van der Waals surface area (Å²) in [5.74, 6) is 0.265. The average Bonchev–Trinajstić information content (AvgIpc) is 2.71. The van der Waals surface area contributed by atoms with Crippen molar-refractivity contribution < 1.29 is 9.53 Å². The van der Waals surface area contributed by atoms with Crippen molar-refractivity contribution in [3.63, 3.8) is 0 Å². The number of amides is 1. The van der Waals surface area contributed by atoms with Crippen molar-refractivity contribution in [1.29, 1.82) is 5.26 Å². The van der Waals surface area contributed by atoms with Crippen molar-refractivity contribution >= 4 is 17.7 Å². The number of nitrogens with one attached hydrogen (secondary N) is 1. The van der Waals surface area contributed by atoms with E-state index in [1.165, 1.54) is 0 Å². The van der Waals surface area contributed by atoms with E-state index < -0.39 is 5.91 Å². The highest BCUT2D eigenvalue weighted by Crippen LogP contribution is 2.25. The van der Waals surface area contributed by atoms with Gasteiger partial charge < -0.3 is 10.1 Å². The lowest BCUT2D eigenvalue weighted by atomic mass is 10.0. The molecule has 140 valence electrons. The van der Waals surface area contributed by atoms with Gasteiger partial charge in [-0.1, -0.05) is 57.2 Å². The summed E-state index contributed by atoms with van der Waals surface area (Å²) >= 11 is 0. The van der Waals surface area contributed by atoms with Crippen LogP contribution in [0.2, 0.25) is 0 Å². The molecule has 4 nitrogen and oxygen atoms in total. The number of ether oxygens (including phenoxy) is 1. The van der Waals surface area contributed by atoms with Crippen LogP contribution in [0, 0.1) is 11.3 Å². The maximum absolute atomic E-state index is 12.8. The van der Waals surface area contributed by atoms with E-state index in [0.29, 0.717) is 12.4 Å². The Kier molecular flexibility index (Phi) is 7.63. The summed E-state index contributed by atoms with van der Waals surface area (Å²) in [7, 11) is 0. The predicted octanol–water partition coefficient (Wildman–Crippen LogP) is 5.15. The Labute approximate surface area is 161 Å². The molecule has 0 fully saturated rings. The number of carbonyl (C=O) groups excluding carboxylic acids is 1. The monoisotopic (exact) mass is 362 g/mol. The summed E-state index contributed by atoms with van der Waals surface area (Å²) in [6.07, 6.45) is 4.09. The molecule has 1 amide bonds. The molecule has 0 aliphatic carbocycles. The zero-order valence-electron chi connectivity index (χ0n) is 16.2. The van der Waals surface area contributed by atoms with E-state index in [2.05, 4.69) is 5.32 Å². The molecule has 1 N–H and O–H groups in total. The predicted molar refractivity (Wildman–Crippen MR) is 110 cm³/mol. The van der Waals surface area contributed by atoms with Crippen LogP contribution in [0.15, 0.2) is 48.0 Å². The van der Waals surface area contributed by atoms with Crippen molar-refractivity contribution in [1.82, 2.24) is 0 Å². The van der Waals surface area contributed by atoms with E-state index in [9.17, 15) is 10.1 Å². The van der Waals surface area contributed by atoms with E-state index in [0.717, 1.165) is 41.6 Å². The number of para-hydroxylation sites is 2. The minimum Gasteiger partial charge on any atom is -0.493 e. The number of benzene rings is 2. The Bertz CT molecular complexity index is 841. The first-order chi connectivity index (χ1) is 13.1. The second-order valence-corrected chi connectivity index (χ2v) is 6.17. The van der Waals surface area contributed by atoms with Crippen molar-refractivity contribution in [3.8, 4) is 11.8 Å². The van der Waals surface area contributed by atoms with Gasteiger partial charge in [-0.2, -0.15) is 5.26 Å². The Morgan fingerprint density at radius 1 is 1.07 bits per heavy atom. The zero-order chi connectivity index (χ0) is 19.6. The summed E-state index contributed by atoms with van der Waals surface area (Å²) in [4.78, 5) is 12.8. The number of rotatable bonds is 8. The lowest BCUT2D eigenvalue weighted by Crippen LogP contribution is -2.16. The minimum absolute atomic E-state index is 0.0514. The third-order valence-electron chi connectivity index (χ3n) is 4.28. The van der Waals surface area contributed by atoms with Gasteiger partial charge in [0.15, 0.2) is 0 Å². The smallest absolute Gasteiger partial charge is 0.266 e. The molecule has 27 heavy (non-hydrogen) atoms. The number of anilines is 1. The largest absolute Gasteiger partial charge is 0.493 e. The molecule has 0 saturated heterocycles. The average molecular weight is 362 g/mol. The highest BCUT2D eigenvalue weighted by Gasteiger charge is 2.15. The van der Waals surface area contributed by atoms with Crippen LogP contribution in [0.4, 0.5) is 5.69 Å². The van der Waals surface area contributed by atoms with Crippen LogP contribution in [0.3, 0.4) is 0 Å². The molecule has 0 aliphatic heterocycles. The molecule has 0 bridgehead atoms. The van der Waals surface area contributed by atoms with Gasteiger partial charge >= 0.3 is 0 Å². The number of hydrogen-bond acceptors (Lipinski definition) is 3. The minimum atomic E-state index is -0.404. The maximum Gasteiger partial charge on any atom is 0.266 e. The highest BCUT2D eigenvalue weighted by molar-refractivity contribution is 6.10. The van der Waals surface area contributed by atoms with Gasteiger partial charge in [-0.3, -0.25) is 4.79 Å². The Hall–Kier alpha value is -3.06. The highest BCUT2D eigenvalue weighted by atomic mass is 16.5. The number of nitriles is 1. The molecule has 2 aromatic carbocycles. The van der Waals surface area contributed by atoms with Crippen molar-refractivity contribution in [2.24, 2.45) is 0 Å². The van der Waals surface area contributed by atoms with Gasteiger partial charge in [-0.05, 0) is 42.5 Å². The number of hydrogen-bond donors (Lipinski definition) is 1. The Morgan fingerprint density at radius 3 is 2.33 bits per heavy atom. The molecule has 0 unspecified atom stereocenters. The number of carbonyl (C=O) groups is 1. The van der Waals surface area contributed by atoms with Crippen LogP contribution in [0.25, 0.3) is 6.08 Å². The summed E-state index contributed by atoms with van der Waals surface area (Å²) < 4.78 is 5.72. The van der Waals surface area contributed by atoms with Gasteiger partial charge in [0.2, 0.25) is 0 Å². The molecule has 2 rings (SSSR count). The third-order valence-corrected chi connectivity index (χ3v) is 4.28. The first-order valence-electron chi connectivity index (χ1n) is 9.40. The first kappa shape index (κ1) is 20.3. The SMILES string of the molecule is CCCOc1ccccc1/C=C(\C#N)C(=O)Nc1c(CC)cccc1CC. The van der Waals surface area contributed by atoms with Gasteiger partial charge in [0, 0.05) is 11.3 Å². The molecule has 0 aromatic heterocycles. The lowest BCUT2D eigenvalue weighted by molar-refractivity contribution is -0.112. The van der Waals surface area contributed by atoms with E-state index in [4.69, 9.17) is 4.74 Å². The van der Waals surface area contributed by atoms with E-state index in [-0.39, 0.29) is 5.57 Å². The molecule has 0 aliphatic rings. The van der Waals surface area contributed by atoms with E-state index in [1.807, 2.05) is 69.3 Å². The van der Waals surface area contributed by atoms with Crippen LogP contribution >= 0.6 is 0 Å². The molecular formula is C23H26N2O2. The van der Waals surface area contributed by atoms with E-state index >= 15 is 0 Å². The van der Waals surface area contributed by atoms with Crippen LogP contribution in [0.1, 0.15) is 43.9 Å². The molecule has 0 spiro atoms. The Morgan fingerprint density at radius 2 is 1.74 bits per heavy atom. The number of nitrogens with zero attached hydrogens (tertiary/aromatic N) is 1. The van der Waals surface area contributed by atoms with Gasteiger partial charge in [0.05, 0.1) is 6.61 Å². The maximum atomic E-state index is 12.8. The molecule has 0 radical (unpaired) electrons. The second kappa shape index (κ2) is 10.2. The molecule has 0 atom stereocenters. The fourth-order valence-corrected chi connectivity index (χ4v) is 2.83. The second-order valence-electron chi connectivity index (χ2n) is 6.17. The van der Waals surface area contributed by atoms with Crippen molar-refractivity contribution in [2.75, 3.05) is 11.9 Å². The topological polar surface area (TPSA) is 62.1 Å². The van der Waals surface area contributed by atoms with Crippen molar-refractivity contribution in [3.05, 3.63) is 64.7 Å². The summed E-state index contributed by atoms with van der Waals surface area (Å²) in [6, 6.07) is 15.4. The van der Waals surface area contributed by atoms with Crippen LogP contribution < -0.4 is 10.1 Å². The Balaban J connectivity index is 2.33. The molecule has 2 aromatic rings. The van der Waals surface area contributed by atoms with Crippen LogP contribution in [-0.4, -0.2) is 12.5 Å². The molecule has 0 heterocycles. The van der Waals surface area contributed by atoms with E-state index in [1.54, 1.807) is 6.08 Å². The fourth-order valence-electron chi connectivity index (χ4n) is 2.83. The van der Waals surface area contributed by atoms with Gasteiger partial charge in [0.25, 0.3) is 5.91 Å². The summed E-state index contributed by atoms with van der Waals surface area (Å²) in [5, 5.41) is 12.5. The molecular weight excluding hydrogens is 336 g/mol. The zero-order valence-corrected chi connectivity index (χ0v) is 16.2. The summed E-state index contributed by atoms with van der Waals surface area (Å²) in [5.41, 5.74) is 3.70. The van der Waals surface area contributed by atoms with Crippen LogP contribution in [0.5, 0.6) is 5.75 Å². The van der Waals surface area contributed by atoms with Gasteiger partial charge in [-0.25, -0.2) is 0 Å². The third kappa shape index (κ3) is 5.21.